The zero-order valence-corrected chi connectivity index (χ0v) is 30.8. The summed E-state index contributed by atoms with van der Waals surface area (Å²) in [5, 5.41) is 23.4. The van der Waals surface area contributed by atoms with Gasteiger partial charge in [-0.3, -0.25) is 19.1 Å². The van der Waals surface area contributed by atoms with Gasteiger partial charge in [0.2, 0.25) is 0 Å². The van der Waals surface area contributed by atoms with Crippen molar-refractivity contribution in [2.75, 3.05) is 18.5 Å². The number of thiocarbonyl (C=S) groups is 1. The summed E-state index contributed by atoms with van der Waals surface area (Å²) in [7, 11) is 1.92. The molecule has 0 atom stereocenters. The number of allylic oxidation sites excluding steroid dienone is 1. The molecule has 0 spiro atoms. The predicted octanol–water partition coefficient (Wildman–Crippen LogP) is -6.72. The standard InChI is InChI=1S/C23H21N3O6S4.2K/c1-11(2)12(8-15-24(3)13-6-4-5-7-14(13)34-15)18-20(31)25(9-16(27)28)22(35-18)19-21(32)26(10-17(29)30)23(33)36-19;;/h4-8,11H,9-10H2,1-3H3,(H,27,28)(H,29,30);;/q;2*+1/p-2/b15-8?,18-12?,22-19-;;. The molecule has 188 valence electrons. The van der Waals surface area contributed by atoms with E-state index in [0.717, 1.165) is 48.2 Å². The van der Waals surface area contributed by atoms with Gasteiger partial charge in [-0.15, -0.1) is 11.3 Å². The summed E-state index contributed by atoms with van der Waals surface area (Å²) in [5.74, 6) is -3.83. The van der Waals surface area contributed by atoms with E-state index in [9.17, 15) is 29.4 Å². The summed E-state index contributed by atoms with van der Waals surface area (Å²) >= 11 is 8.49. The summed E-state index contributed by atoms with van der Waals surface area (Å²) in [5.41, 5.74) is 1.13. The molecular formula is C23H19K2N3O6S4. The zero-order chi connectivity index (χ0) is 26.3. The van der Waals surface area contributed by atoms with E-state index in [1.807, 2.05) is 56.1 Å². The molecule has 0 saturated carbocycles. The van der Waals surface area contributed by atoms with Crippen molar-refractivity contribution in [3.05, 3.63) is 54.9 Å². The summed E-state index contributed by atoms with van der Waals surface area (Å²) in [6.07, 6.45) is 1.90. The van der Waals surface area contributed by atoms with Crippen LogP contribution in [0.15, 0.2) is 45.1 Å². The van der Waals surface area contributed by atoms with E-state index in [1.165, 1.54) is 0 Å². The third-order valence-corrected chi connectivity index (χ3v) is 9.40. The Bertz CT molecular complexity index is 1530. The molecule has 1 amide bonds. The molecule has 0 radical (unpaired) electrons. The molecule has 2 aromatic rings. The van der Waals surface area contributed by atoms with E-state index in [0.29, 0.717) is 5.57 Å². The van der Waals surface area contributed by atoms with Crippen molar-refractivity contribution >= 4 is 85.4 Å². The molecular weight excluding hydrogens is 621 g/mol. The Morgan fingerprint density at radius 2 is 1.68 bits per heavy atom. The Hall–Kier alpha value is 0.403. The fraction of sp³-hybridized carbons (Fsp3) is 0.261. The van der Waals surface area contributed by atoms with Gasteiger partial charge in [0.25, 0.3) is 11.5 Å². The van der Waals surface area contributed by atoms with Crippen LogP contribution < -0.4 is 133 Å². The van der Waals surface area contributed by atoms with Gasteiger partial charge in [-0.25, -0.2) is 0 Å². The molecule has 1 aromatic carbocycles. The number of hydrogen-bond donors (Lipinski definition) is 0. The van der Waals surface area contributed by atoms with Gasteiger partial charge in [0.05, 0.1) is 40.3 Å². The molecule has 1 saturated heterocycles. The number of aromatic nitrogens is 1. The molecule has 2 aliphatic heterocycles. The Labute approximate surface area is 321 Å². The number of benzene rings is 1. The van der Waals surface area contributed by atoms with Gasteiger partial charge in [0.15, 0.2) is 0 Å². The number of carbonyl (C=O) groups excluding carboxylic acids is 3. The van der Waals surface area contributed by atoms with Crippen molar-refractivity contribution in [1.29, 1.82) is 0 Å². The fourth-order valence-corrected chi connectivity index (χ4v) is 7.52. The Balaban J connectivity index is 0.00000253. The van der Waals surface area contributed by atoms with Crippen LogP contribution >= 0.6 is 47.1 Å². The number of aliphatic carboxylic acids is 2. The monoisotopic (exact) mass is 639 g/mol. The maximum Gasteiger partial charge on any atom is 1.00 e. The molecule has 0 aliphatic carbocycles. The number of carbonyl (C=O) groups is 3. The van der Waals surface area contributed by atoms with Crippen LogP contribution in [0, 0.1) is 5.92 Å². The van der Waals surface area contributed by atoms with Crippen molar-refractivity contribution < 1.29 is 127 Å². The van der Waals surface area contributed by atoms with Crippen molar-refractivity contribution in [1.82, 2.24) is 9.47 Å². The quantitative estimate of drug-likeness (QED) is 0.223. The normalized spacial score (nSPS) is 17.9. The first-order valence-corrected chi connectivity index (χ1v) is 13.5. The molecule has 2 aliphatic rings. The molecule has 0 unspecified atom stereocenters. The van der Waals surface area contributed by atoms with Crippen molar-refractivity contribution in [2.45, 2.75) is 25.3 Å². The molecule has 1 fully saturated rings. The molecule has 9 nitrogen and oxygen atoms in total. The number of fused-ring (bicyclic) bond motifs is 1. The number of anilines is 1. The summed E-state index contributed by atoms with van der Waals surface area (Å²) in [4.78, 5) is 52.9. The van der Waals surface area contributed by atoms with Crippen LogP contribution in [-0.4, -0.2) is 45.2 Å². The number of nitrogens with zero attached hydrogens (tertiary/aromatic N) is 3. The first-order valence-electron chi connectivity index (χ1n) is 10.6. The minimum atomic E-state index is -1.50. The molecule has 0 bridgehead atoms. The number of carboxylic acids is 2. The van der Waals surface area contributed by atoms with E-state index >= 15 is 0 Å². The first-order chi connectivity index (χ1) is 17.0. The average Bonchev–Trinajstić information content (AvgIpc) is 3.39. The number of thiazole rings is 1. The molecule has 0 N–H and O–H groups in total. The van der Waals surface area contributed by atoms with Crippen LogP contribution in [0.2, 0.25) is 0 Å². The van der Waals surface area contributed by atoms with Crippen LogP contribution in [0.1, 0.15) is 13.8 Å². The van der Waals surface area contributed by atoms with Crippen LogP contribution in [0.25, 0.3) is 10.5 Å². The summed E-state index contributed by atoms with van der Waals surface area (Å²) in [6, 6.07) is 7.89. The molecule has 4 rings (SSSR count). The molecule has 38 heavy (non-hydrogen) atoms. The molecule has 3 heterocycles. The van der Waals surface area contributed by atoms with E-state index in [2.05, 4.69) is 0 Å². The van der Waals surface area contributed by atoms with Crippen LogP contribution in [0.5, 0.6) is 0 Å². The van der Waals surface area contributed by atoms with Gasteiger partial charge in [-0.1, -0.05) is 61.7 Å². The molecule has 1 aromatic heterocycles. The van der Waals surface area contributed by atoms with Crippen molar-refractivity contribution in [3.8, 4) is 0 Å². The first kappa shape index (κ1) is 34.6. The average molecular weight is 640 g/mol. The number of amides is 1. The second kappa shape index (κ2) is 14.5. The Kier molecular flexibility index (Phi) is 13.2. The van der Waals surface area contributed by atoms with Gasteiger partial charge in [0.1, 0.15) is 13.9 Å². The Morgan fingerprint density at radius 3 is 2.26 bits per heavy atom. The van der Waals surface area contributed by atoms with Gasteiger partial charge >= 0.3 is 103 Å². The van der Waals surface area contributed by atoms with Gasteiger partial charge in [-0.05, 0) is 29.7 Å². The van der Waals surface area contributed by atoms with E-state index < -0.39 is 36.5 Å². The number of rotatable bonds is 6. The topological polar surface area (TPSA) is 126 Å². The van der Waals surface area contributed by atoms with Crippen LogP contribution in [0.3, 0.4) is 0 Å². The maximum atomic E-state index is 13.5. The zero-order valence-electron chi connectivity index (χ0n) is 21.3. The van der Waals surface area contributed by atoms with Crippen molar-refractivity contribution in [2.24, 2.45) is 5.92 Å². The maximum absolute atomic E-state index is 13.5. The van der Waals surface area contributed by atoms with Gasteiger partial charge in [-0.2, -0.15) is 0 Å². The second-order valence-corrected chi connectivity index (χ2v) is 11.9. The molecule has 15 heteroatoms. The third-order valence-electron chi connectivity index (χ3n) is 5.44. The Morgan fingerprint density at radius 1 is 1.05 bits per heavy atom. The SMILES string of the molecule is CC(C)C(C=C1Sc2ccccc2N1C)=c1s/c(=C2\SC(=S)N(CC(=O)[O-])C2=O)n(CC(=O)[O-])c1=O.[K+].[K+]. The van der Waals surface area contributed by atoms with Crippen LogP contribution in [0.4, 0.5) is 5.69 Å². The number of thioether (sulfide) groups is 2. The smallest absolute Gasteiger partial charge is 0.548 e. The second-order valence-electron chi connectivity index (χ2n) is 8.18. The number of para-hydroxylation sites is 1. The summed E-state index contributed by atoms with van der Waals surface area (Å²) < 4.78 is 1.33. The van der Waals surface area contributed by atoms with Crippen LogP contribution in [-0.2, 0) is 20.9 Å². The minimum absolute atomic E-state index is 0. The number of hydrogen-bond acceptors (Lipinski definition) is 11. The minimum Gasteiger partial charge on any atom is -0.548 e. The van der Waals surface area contributed by atoms with Crippen molar-refractivity contribution in [3.63, 3.8) is 0 Å². The third kappa shape index (κ3) is 7.24. The summed E-state index contributed by atoms with van der Waals surface area (Å²) in [6.45, 7) is 2.33. The largest absolute Gasteiger partial charge is 1.00 e. The van der Waals surface area contributed by atoms with E-state index in [4.69, 9.17) is 12.2 Å². The van der Waals surface area contributed by atoms with E-state index in [1.54, 1.807) is 11.8 Å². The van der Waals surface area contributed by atoms with E-state index in [-0.39, 0.29) is 127 Å². The predicted molar refractivity (Wildman–Crippen MR) is 140 cm³/mol. The van der Waals surface area contributed by atoms with Gasteiger partial charge < -0.3 is 24.7 Å². The number of carboxylic acid groups (broad SMARTS) is 2. The fourth-order valence-electron chi connectivity index (χ4n) is 3.70. The van der Waals surface area contributed by atoms with Gasteiger partial charge in [0, 0.05) is 11.9 Å².